The maximum Gasteiger partial charge on any atom is 0.265 e. The second-order valence-corrected chi connectivity index (χ2v) is 6.59. The molecule has 4 aromatic rings. The molecule has 1 aromatic heterocycles. The fourth-order valence-corrected chi connectivity index (χ4v) is 3.12. The van der Waals surface area contributed by atoms with Crippen molar-refractivity contribution in [3.8, 4) is 5.69 Å². The first-order valence-corrected chi connectivity index (χ1v) is 8.66. The highest BCUT2D eigenvalue weighted by Crippen LogP contribution is 2.20. The molecule has 0 fully saturated rings. The SMILES string of the molecule is [2H]c1nc2ccc(C)cc2c(=O)n1-c1ccc(C)cc1C(=O)c1ccccc1. The second-order valence-electron chi connectivity index (χ2n) is 6.59. The van der Waals surface area contributed by atoms with Crippen molar-refractivity contribution in [2.75, 3.05) is 0 Å². The summed E-state index contributed by atoms with van der Waals surface area (Å²) in [4.78, 5) is 30.6. The minimum Gasteiger partial charge on any atom is -0.289 e. The van der Waals surface area contributed by atoms with Gasteiger partial charge in [-0.15, -0.1) is 0 Å². The number of nitrogens with zero attached hydrogens (tertiary/aromatic N) is 2. The van der Waals surface area contributed by atoms with Crippen molar-refractivity contribution in [1.29, 1.82) is 0 Å². The lowest BCUT2D eigenvalue weighted by atomic mass is 9.99. The highest BCUT2D eigenvalue weighted by molar-refractivity contribution is 6.11. The summed E-state index contributed by atoms with van der Waals surface area (Å²) in [5.74, 6) is -0.199. The maximum atomic E-state index is 13.2. The smallest absolute Gasteiger partial charge is 0.265 e. The van der Waals surface area contributed by atoms with Crippen LogP contribution in [0.1, 0.15) is 28.4 Å². The van der Waals surface area contributed by atoms with E-state index < -0.39 is 0 Å². The lowest BCUT2D eigenvalue weighted by Crippen LogP contribution is -2.21. The van der Waals surface area contributed by atoms with Gasteiger partial charge in [0.25, 0.3) is 5.56 Å². The van der Waals surface area contributed by atoms with Gasteiger partial charge in [-0.3, -0.25) is 14.2 Å². The number of aryl methyl sites for hydroxylation is 2. The summed E-state index contributed by atoms with van der Waals surface area (Å²) in [7, 11) is 0. The Balaban J connectivity index is 2.01. The zero-order chi connectivity index (χ0) is 19.8. The normalized spacial score (nSPS) is 11.4. The number of ketones is 1. The number of fused-ring (bicyclic) bond motifs is 1. The average molecular weight is 355 g/mol. The third kappa shape index (κ3) is 3.06. The maximum absolute atomic E-state index is 13.2. The van der Waals surface area contributed by atoms with Gasteiger partial charge in [0.1, 0.15) is 7.67 Å². The van der Waals surface area contributed by atoms with Crippen LogP contribution >= 0.6 is 0 Å². The first kappa shape index (κ1) is 15.7. The van der Waals surface area contributed by atoms with E-state index in [2.05, 4.69) is 4.98 Å². The van der Waals surface area contributed by atoms with E-state index in [9.17, 15) is 9.59 Å². The summed E-state index contributed by atoms with van der Waals surface area (Å²) >= 11 is 0. The zero-order valence-corrected chi connectivity index (χ0v) is 15.1. The fraction of sp³-hybridized carbons (Fsp3) is 0.0870. The Bertz CT molecular complexity index is 1280. The number of aromatic nitrogens is 2. The van der Waals surface area contributed by atoms with Crippen LogP contribution in [0.4, 0.5) is 0 Å². The van der Waals surface area contributed by atoms with Gasteiger partial charge in [0.15, 0.2) is 5.78 Å². The molecule has 0 saturated heterocycles. The number of carbonyl (C=O) groups is 1. The molecule has 0 saturated carbocycles. The Hall–Kier alpha value is -3.53. The quantitative estimate of drug-likeness (QED) is 0.517. The molecule has 0 bridgehead atoms. The van der Waals surface area contributed by atoms with Crippen LogP contribution in [0.2, 0.25) is 0 Å². The van der Waals surface area contributed by atoms with Crippen LogP contribution in [0.15, 0.2) is 77.8 Å². The first-order chi connectivity index (χ1) is 13.5. The highest BCUT2D eigenvalue weighted by Gasteiger charge is 2.17. The van der Waals surface area contributed by atoms with E-state index in [1.807, 2.05) is 32.0 Å². The van der Waals surface area contributed by atoms with Crippen molar-refractivity contribution in [1.82, 2.24) is 9.55 Å². The van der Waals surface area contributed by atoms with Crippen LogP contribution in [0, 0.1) is 13.8 Å². The van der Waals surface area contributed by atoms with Crippen LogP contribution in [0.3, 0.4) is 0 Å². The minimum absolute atomic E-state index is 0.199. The van der Waals surface area contributed by atoms with E-state index in [1.165, 1.54) is 4.57 Å². The van der Waals surface area contributed by atoms with E-state index in [0.717, 1.165) is 11.1 Å². The molecule has 0 radical (unpaired) electrons. The number of hydrogen-bond acceptors (Lipinski definition) is 3. The standard InChI is InChI=1S/C23H18N2O2/c1-15-8-10-20-18(12-15)23(27)25(14-24-20)21-11-9-16(2)13-19(21)22(26)17-6-4-3-5-7-17/h3-14H,1-2H3/i14D. The Labute approximate surface area is 158 Å². The van der Waals surface area contributed by atoms with E-state index in [4.69, 9.17) is 1.37 Å². The third-order valence-electron chi connectivity index (χ3n) is 4.53. The molecule has 0 amide bonds. The summed E-state index contributed by atoms with van der Waals surface area (Å²) in [5, 5.41) is 0.426. The molecular formula is C23H18N2O2. The van der Waals surface area contributed by atoms with Gasteiger partial charge in [-0.2, -0.15) is 0 Å². The van der Waals surface area contributed by atoms with Crippen molar-refractivity contribution < 1.29 is 6.17 Å². The minimum atomic E-state index is -0.357. The van der Waals surface area contributed by atoms with Gasteiger partial charge in [0, 0.05) is 11.1 Å². The molecule has 0 aliphatic carbocycles. The van der Waals surface area contributed by atoms with Crippen molar-refractivity contribution in [2.45, 2.75) is 13.8 Å². The van der Waals surface area contributed by atoms with Gasteiger partial charge in [0.05, 0.1) is 16.6 Å². The largest absolute Gasteiger partial charge is 0.289 e. The van der Waals surface area contributed by atoms with Gasteiger partial charge in [0.2, 0.25) is 0 Å². The van der Waals surface area contributed by atoms with Gasteiger partial charge in [-0.25, -0.2) is 4.98 Å². The van der Waals surface area contributed by atoms with Crippen molar-refractivity contribution in [3.63, 3.8) is 0 Å². The number of carbonyl (C=O) groups excluding carboxylic acids is 1. The molecule has 0 N–H and O–H groups in total. The monoisotopic (exact) mass is 355 g/mol. The van der Waals surface area contributed by atoms with Gasteiger partial charge >= 0.3 is 0 Å². The Morgan fingerprint density at radius 2 is 1.67 bits per heavy atom. The van der Waals surface area contributed by atoms with E-state index >= 15 is 0 Å². The molecular weight excluding hydrogens is 336 g/mol. The van der Waals surface area contributed by atoms with Crippen LogP contribution in [0.5, 0.6) is 0 Å². The van der Waals surface area contributed by atoms with Gasteiger partial charge in [-0.1, -0.05) is 53.6 Å². The van der Waals surface area contributed by atoms with Gasteiger partial charge in [-0.05, 0) is 38.1 Å². The summed E-state index contributed by atoms with van der Waals surface area (Å²) in [5.41, 5.74) is 3.21. The molecule has 0 spiro atoms. The molecule has 1 heterocycles. The third-order valence-corrected chi connectivity index (χ3v) is 4.53. The number of benzene rings is 3. The molecule has 4 nitrogen and oxygen atoms in total. The molecule has 0 unspecified atom stereocenters. The van der Waals surface area contributed by atoms with Crippen molar-refractivity contribution >= 4 is 16.7 Å². The van der Waals surface area contributed by atoms with Crippen LogP contribution in [-0.4, -0.2) is 15.3 Å². The first-order valence-electron chi connectivity index (χ1n) is 9.16. The molecule has 4 heteroatoms. The predicted octanol–water partition coefficient (Wildman–Crippen LogP) is 4.23. The van der Waals surface area contributed by atoms with Crippen LogP contribution < -0.4 is 5.56 Å². The molecule has 27 heavy (non-hydrogen) atoms. The van der Waals surface area contributed by atoms with Crippen molar-refractivity contribution in [3.05, 3.63) is 106 Å². The number of rotatable bonds is 3. The lowest BCUT2D eigenvalue weighted by molar-refractivity contribution is 0.103. The average Bonchev–Trinajstić information content (AvgIpc) is 2.70. The van der Waals surface area contributed by atoms with E-state index in [1.54, 1.807) is 48.5 Å². The molecule has 4 rings (SSSR count). The molecule has 0 aliphatic heterocycles. The number of hydrogen-bond donors (Lipinski definition) is 0. The second kappa shape index (κ2) is 6.65. The van der Waals surface area contributed by atoms with E-state index in [0.29, 0.717) is 27.7 Å². The zero-order valence-electron chi connectivity index (χ0n) is 16.1. The summed E-state index contributed by atoms with van der Waals surface area (Å²) in [6, 6.07) is 19.5. The Morgan fingerprint density at radius 1 is 0.963 bits per heavy atom. The molecule has 0 aliphatic rings. The van der Waals surface area contributed by atoms with Crippen molar-refractivity contribution in [2.24, 2.45) is 0 Å². The lowest BCUT2D eigenvalue weighted by Gasteiger charge is -2.13. The van der Waals surface area contributed by atoms with E-state index in [-0.39, 0.29) is 17.6 Å². The molecule has 132 valence electrons. The Morgan fingerprint density at radius 3 is 2.44 bits per heavy atom. The summed E-state index contributed by atoms with van der Waals surface area (Å²) in [6.45, 7) is 3.78. The topological polar surface area (TPSA) is 52.0 Å². The molecule has 3 aromatic carbocycles. The fourth-order valence-electron chi connectivity index (χ4n) is 3.12. The predicted molar refractivity (Wildman–Crippen MR) is 107 cm³/mol. The Kier molecular flexibility index (Phi) is 3.87. The molecule has 0 atom stereocenters. The van der Waals surface area contributed by atoms with Gasteiger partial charge < -0.3 is 0 Å². The summed E-state index contributed by atoms with van der Waals surface area (Å²) in [6.07, 6.45) is -0.202. The van der Waals surface area contributed by atoms with Crippen LogP contribution in [0.25, 0.3) is 16.6 Å². The summed E-state index contributed by atoms with van der Waals surface area (Å²) < 4.78 is 9.53. The van der Waals surface area contributed by atoms with Crippen LogP contribution in [-0.2, 0) is 0 Å². The highest BCUT2D eigenvalue weighted by atomic mass is 16.1.